The van der Waals surface area contributed by atoms with Gasteiger partial charge < -0.3 is 19.0 Å². The number of hydrogen-bond acceptors (Lipinski definition) is 4. The molecule has 1 amide bonds. The molecule has 140 valence electrons. The summed E-state index contributed by atoms with van der Waals surface area (Å²) >= 11 is 0. The molecular weight excluding hydrogens is 328 g/mol. The highest BCUT2D eigenvalue weighted by molar-refractivity contribution is 6.00. The van der Waals surface area contributed by atoms with Gasteiger partial charge in [-0.25, -0.2) is 0 Å². The number of amides is 1. The summed E-state index contributed by atoms with van der Waals surface area (Å²) in [5, 5.41) is 1.03. The molecule has 2 aromatic rings. The van der Waals surface area contributed by atoms with E-state index >= 15 is 0 Å². The lowest BCUT2D eigenvalue weighted by molar-refractivity contribution is -0.105. The van der Waals surface area contributed by atoms with E-state index in [-0.39, 0.29) is 5.91 Å². The quantitative estimate of drug-likeness (QED) is 0.824. The third-order valence-electron chi connectivity index (χ3n) is 6.33. The molecule has 1 aromatic heterocycles. The highest BCUT2D eigenvalue weighted by atomic mass is 16.5. The number of aryl methyl sites for hydroxylation is 3. The van der Waals surface area contributed by atoms with Crippen LogP contribution >= 0.6 is 0 Å². The van der Waals surface area contributed by atoms with Gasteiger partial charge in [0.2, 0.25) is 0 Å². The summed E-state index contributed by atoms with van der Waals surface area (Å²) < 4.78 is 12.2. The molecule has 0 saturated carbocycles. The fourth-order valence-electron chi connectivity index (χ4n) is 4.37. The highest BCUT2D eigenvalue weighted by Crippen LogP contribution is 2.37. The van der Waals surface area contributed by atoms with Crippen molar-refractivity contribution in [2.24, 2.45) is 0 Å². The lowest BCUT2D eigenvalue weighted by Gasteiger charge is -2.43. The predicted molar refractivity (Wildman–Crippen MR) is 101 cm³/mol. The van der Waals surface area contributed by atoms with Gasteiger partial charge in [-0.1, -0.05) is 19.1 Å². The molecule has 2 fully saturated rings. The number of furan rings is 1. The Morgan fingerprint density at radius 1 is 1.12 bits per heavy atom. The van der Waals surface area contributed by atoms with E-state index in [4.69, 9.17) is 9.15 Å². The zero-order chi connectivity index (χ0) is 18.5. The molecule has 26 heavy (non-hydrogen) atoms. The number of ether oxygens (including phenoxy) is 1. The van der Waals surface area contributed by atoms with Crippen LogP contribution in [0.3, 0.4) is 0 Å². The molecule has 5 nitrogen and oxygen atoms in total. The van der Waals surface area contributed by atoms with Gasteiger partial charge in [-0.3, -0.25) is 4.79 Å². The van der Waals surface area contributed by atoms with Gasteiger partial charge in [0.1, 0.15) is 11.3 Å². The van der Waals surface area contributed by atoms with Crippen LogP contribution < -0.4 is 0 Å². The van der Waals surface area contributed by atoms with E-state index in [1.807, 2.05) is 11.8 Å². The van der Waals surface area contributed by atoms with Gasteiger partial charge in [-0.2, -0.15) is 0 Å². The first-order chi connectivity index (χ1) is 12.5. The zero-order valence-electron chi connectivity index (χ0n) is 16.2. The minimum atomic E-state index is -0.459. The topological polar surface area (TPSA) is 45.9 Å². The molecule has 1 spiro atoms. The summed E-state index contributed by atoms with van der Waals surface area (Å²) in [5.41, 5.74) is 3.59. The van der Waals surface area contributed by atoms with Crippen molar-refractivity contribution < 1.29 is 13.9 Å². The molecule has 2 aliphatic rings. The number of likely N-dealkylation sites (tertiary alicyclic amines) is 1. The Labute approximate surface area is 154 Å². The van der Waals surface area contributed by atoms with Crippen molar-refractivity contribution in [2.75, 3.05) is 32.8 Å². The van der Waals surface area contributed by atoms with Crippen LogP contribution in [0.25, 0.3) is 11.0 Å². The molecule has 3 heterocycles. The lowest BCUT2D eigenvalue weighted by Crippen LogP contribution is -2.54. The van der Waals surface area contributed by atoms with E-state index in [0.717, 1.165) is 54.6 Å². The van der Waals surface area contributed by atoms with Crippen LogP contribution in [0, 0.1) is 20.8 Å². The van der Waals surface area contributed by atoms with Crippen molar-refractivity contribution >= 4 is 16.9 Å². The predicted octanol–water partition coefficient (Wildman–Crippen LogP) is 3.64. The first-order valence-corrected chi connectivity index (χ1v) is 9.64. The van der Waals surface area contributed by atoms with E-state index in [1.54, 1.807) is 0 Å². The molecule has 1 aromatic carbocycles. The van der Waals surface area contributed by atoms with Crippen LogP contribution in [0.5, 0.6) is 0 Å². The summed E-state index contributed by atoms with van der Waals surface area (Å²) in [7, 11) is 0. The Hall–Kier alpha value is -1.85. The molecule has 0 unspecified atom stereocenters. The van der Waals surface area contributed by atoms with Crippen molar-refractivity contribution in [3.8, 4) is 0 Å². The third-order valence-corrected chi connectivity index (χ3v) is 6.33. The van der Waals surface area contributed by atoms with E-state index in [2.05, 4.69) is 37.8 Å². The molecule has 4 rings (SSSR count). The number of nitrogens with zero attached hydrogens (tertiary/aromatic N) is 2. The fourth-order valence-corrected chi connectivity index (χ4v) is 4.37. The van der Waals surface area contributed by atoms with Crippen LogP contribution in [0.15, 0.2) is 16.5 Å². The van der Waals surface area contributed by atoms with Crippen LogP contribution in [0.4, 0.5) is 0 Å². The number of piperidine rings is 1. The highest BCUT2D eigenvalue weighted by Gasteiger charge is 2.47. The van der Waals surface area contributed by atoms with Crippen LogP contribution in [0.1, 0.15) is 47.0 Å². The number of hydrogen-bond donors (Lipinski definition) is 0. The summed E-state index contributed by atoms with van der Waals surface area (Å²) in [4.78, 5) is 17.7. The molecule has 0 radical (unpaired) electrons. The second kappa shape index (κ2) is 6.39. The van der Waals surface area contributed by atoms with Crippen molar-refractivity contribution in [1.82, 2.24) is 9.80 Å². The average Bonchev–Trinajstić information content (AvgIpc) is 3.20. The molecule has 2 saturated heterocycles. The zero-order valence-corrected chi connectivity index (χ0v) is 16.2. The van der Waals surface area contributed by atoms with Gasteiger partial charge in [0, 0.05) is 43.4 Å². The molecule has 0 N–H and O–H groups in total. The monoisotopic (exact) mass is 356 g/mol. The average molecular weight is 356 g/mol. The van der Waals surface area contributed by atoms with Crippen molar-refractivity contribution in [3.63, 3.8) is 0 Å². The number of carbonyl (C=O) groups is 1. The third kappa shape index (κ3) is 2.57. The first kappa shape index (κ1) is 17.6. The summed E-state index contributed by atoms with van der Waals surface area (Å²) in [6.07, 6.45) is 1.73. The fraction of sp³-hybridized carbons (Fsp3) is 0.571. The molecule has 2 aliphatic heterocycles. The first-order valence-electron chi connectivity index (χ1n) is 9.64. The Bertz CT molecular complexity index is 847. The Kier molecular flexibility index (Phi) is 4.32. The van der Waals surface area contributed by atoms with Crippen LogP contribution in [-0.4, -0.2) is 54.2 Å². The maximum Gasteiger partial charge on any atom is 0.292 e. The Morgan fingerprint density at radius 3 is 2.54 bits per heavy atom. The number of benzene rings is 1. The summed E-state index contributed by atoms with van der Waals surface area (Å²) in [6.45, 7) is 12.5. The maximum atomic E-state index is 13.4. The Morgan fingerprint density at radius 2 is 1.85 bits per heavy atom. The molecule has 0 bridgehead atoms. The molecule has 5 heteroatoms. The molecular formula is C21H28N2O3. The van der Waals surface area contributed by atoms with Gasteiger partial charge in [0.05, 0.1) is 6.61 Å². The smallest absolute Gasteiger partial charge is 0.292 e. The summed E-state index contributed by atoms with van der Waals surface area (Å²) in [6, 6.07) is 4.15. The Balaban J connectivity index is 1.68. The normalized spacial score (nSPS) is 20.4. The number of fused-ring (bicyclic) bond motifs is 1. The van der Waals surface area contributed by atoms with Crippen molar-refractivity contribution in [1.29, 1.82) is 0 Å². The number of rotatable bonds is 2. The minimum Gasteiger partial charge on any atom is -0.450 e. The standard InChI is InChI=1S/C21H28N2O3/c1-5-22-10-8-21(9-11-22)23(12-13-25-21)20(24)19-16(4)17-7-6-14(2)15(3)18(17)26-19/h6-7H,5,8-13H2,1-4H3. The van der Waals surface area contributed by atoms with Gasteiger partial charge in [0.25, 0.3) is 5.91 Å². The van der Waals surface area contributed by atoms with Gasteiger partial charge in [0.15, 0.2) is 5.76 Å². The minimum absolute atomic E-state index is 0.0294. The lowest BCUT2D eigenvalue weighted by atomic mass is 9.98. The largest absolute Gasteiger partial charge is 0.450 e. The van der Waals surface area contributed by atoms with Crippen molar-refractivity contribution in [2.45, 2.75) is 46.3 Å². The van der Waals surface area contributed by atoms with Gasteiger partial charge >= 0.3 is 0 Å². The van der Waals surface area contributed by atoms with Crippen LogP contribution in [-0.2, 0) is 4.74 Å². The summed E-state index contributed by atoms with van der Waals surface area (Å²) in [5.74, 6) is 0.440. The van der Waals surface area contributed by atoms with E-state index < -0.39 is 5.72 Å². The van der Waals surface area contributed by atoms with Gasteiger partial charge in [-0.05, 0) is 38.4 Å². The van der Waals surface area contributed by atoms with Crippen molar-refractivity contribution in [3.05, 3.63) is 34.6 Å². The van der Waals surface area contributed by atoms with E-state index in [1.165, 1.54) is 5.56 Å². The van der Waals surface area contributed by atoms with Crippen LogP contribution in [0.2, 0.25) is 0 Å². The molecule has 0 aliphatic carbocycles. The number of carbonyl (C=O) groups excluding carboxylic acids is 1. The van der Waals surface area contributed by atoms with E-state index in [9.17, 15) is 4.79 Å². The maximum absolute atomic E-state index is 13.4. The van der Waals surface area contributed by atoms with Gasteiger partial charge in [-0.15, -0.1) is 0 Å². The second-order valence-electron chi connectivity index (χ2n) is 7.63. The van der Waals surface area contributed by atoms with E-state index in [0.29, 0.717) is 18.9 Å². The molecule has 0 atom stereocenters. The second-order valence-corrected chi connectivity index (χ2v) is 7.63. The SMILES string of the molecule is CCN1CCC2(CC1)OCCN2C(=O)c1oc2c(C)c(C)ccc2c1C.